The van der Waals surface area contributed by atoms with Crippen molar-refractivity contribution in [1.82, 2.24) is 25.1 Å². The molecule has 3 amide bonds. The van der Waals surface area contributed by atoms with E-state index in [9.17, 15) is 32.8 Å². The Kier molecular flexibility index (Phi) is 11.2. The number of nitrogens with one attached hydrogen (secondary N) is 2. The van der Waals surface area contributed by atoms with Crippen LogP contribution in [0.4, 0.5) is 18.0 Å². The first kappa shape index (κ1) is 38.2. The molecule has 5 aromatic rings. The van der Waals surface area contributed by atoms with Crippen molar-refractivity contribution in [2.45, 2.75) is 51.2 Å². The second kappa shape index (κ2) is 15.8. The third kappa shape index (κ3) is 8.49. The number of aliphatic carboxylic acids is 1. The molecule has 3 N–H and O–H groups in total. The number of piperidine rings is 1. The number of nitrogens with zero attached hydrogens (tertiary/aromatic N) is 4. The molecule has 0 saturated carbocycles. The zero-order valence-corrected chi connectivity index (χ0v) is 29.9. The molecule has 0 spiro atoms. The highest BCUT2D eigenvalue weighted by Gasteiger charge is 2.40. The highest BCUT2D eigenvalue weighted by Crippen LogP contribution is 2.41. The van der Waals surface area contributed by atoms with Crippen LogP contribution in [-0.2, 0) is 38.8 Å². The van der Waals surface area contributed by atoms with Crippen molar-refractivity contribution >= 4 is 67.9 Å². The minimum atomic E-state index is -5.08. The van der Waals surface area contributed by atoms with E-state index in [0.717, 1.165) is 68.6 Å². The molecule has 2 saturated heterocycles. The number of fused-ring (bicyclic) bond motifs is 2. The number of pyridine rings is 1. The number of hydrogen-bond donors (Lipinski definition) is 3. The van der Waals surface area contributed by atoms with E-state index >= 15 is 0 Å². The Bertz CT molecular complexity index is 2270. The first-order chi connectivity index (χ1) is 25.8. The Morgan fingerprint density at radius 2 is 1.83 bits per heavy atom. The Labute approximate surface area is 315 Å². The summed E-state index contributed by atoms with van der Waals surface area (Å²) in [6.45, 7) is 2.32. The first-order valence-corrected chi connectivity index (χ1v) is 17.9. The van der Waals surface area contributed by atoms with E-state index in [2.05, 4.69) is 26.3 Å². The van der Waals surface area contributed by atoms with Crippen LogP contribution in [0.1, 0.15) is 29.7 Å². The predicted molar refractivity (Wildman–Crippen MR) is 193 cm³/mol. The number of thiophene rings is 1. The molecule has 7 rings (SSSR count). The second-order valence-corrected chi connectivity index (χ2v) is 14.4. The summed E-state index contributed by atoms with van der Waals surface area (Å²) in [5.41, 5.74) is 3.93. The van der Waals surface area contributed by atoms with E-state index < -0.39 is 35.6 Å². The largest absolute Gasteiger partial charge is 0.490 e. The standard InChI is InChI=1S/C35H31ClN6O4S.C2HF3O2/c36-24-14-23-7-13-41(21-35(20-37)8-11-38-12-9-35)31(23)27(15-24)26-6-10-39-28-16-25(47-32(26)28)18-42-30(43)17-29(33(42)44)40-34(45)46-19-22-4-2-1-3-5-22;3-2(4,5)1(6)7/h1-7,10,13-16,29,38H,8-9,11-12,17-19,21H2,(H,40,45);(H,6,7)/t29-;/m1./s1. The lowest BCUT2D eigenvalue weighted by molar-refractivity contribution is -0.192. The molecule has 1 atom stereocenters. The van der Waals surface area contributed by atoms with Gasteiger partial charge in [0.05, 0.1) is 40.2 Å². The molecule has 0 aliphatic carbocycles. The highest BCUT2D eigenvalue weighted by molar-refractivity contribution is 7.19. The van der Waals surface area contributed by atoms with Crippen LogP contribution >= 0.6 is 22.9 Å². The fourth-order valence-electron chi connectivity index (χ4n) is 6.49. The second-order valence-electron chi connectivity index (χ2n) is 12.8. The van der Waals surface area contributed by atoms with Gasteiger partial charge in [0, 0.05) is 45.4 Å². The van der Waals surface area contributed by atoms with Gasteiger partial charge in [-0.25, -0.2) is 9.59 Å². The number of carbonyl (C=O) groups is 4. The van der Waals surface area contributed by atoms with Gasteiger partial charge in [0.25, 0.3) is 5.91 Å². The number of rotatable bonds is 8. The van der Waals surface area contributed by atoms with E-state index in [4.69, 9.17) is 26.2 Å². The Morgan fingerprint density at radius 3 is 2.52 bits per heavy atom. The lowest BCUT2D eigenvalue weighted by atomic mass is 9.80. The number of aromatic nitrogens is 2. The van der Waals surface area contributed by atoms with Crippen molar-refractivity contribution in [3.8, 4) is 17.2 Å². The maximum atomic E-state index is 13.2. The lowest BCUT2D eigenvalue weighted by Crippen LogP contribution is -2.41. The molecule has 12 nitrogen and oxygen atoms in total. The summed E-state index contributed by atoms with van der Waals surface area (Å²) in [6.07, 6.45) is -0.652. The third-order valence-electron chi connectivity index (χ3n) is 9.15. The number of alkyl halides is 3. The molecule has 280 valence electrons. The molecule has 2 aliphatic heterocycles. The molecule has 54 heavy (non-hydrogen) atoms. The molecule has 3 aromatic heterocycles. The van der Waals surface area contributed by atoms with Crippen LogP contribution in [0.5, 0.6) is 0 Å². The number of halogens is 4. The summed E-state index contributed by atoms with van der Waals surface area (Å²) in [5, 5.41) is 24.8. The molecule has 17 heteroatoms. The number of alkyl carbamates (subject to hydrolysis) is 1. The van der Waals surface area contributed by atoms with Gasteiger partial charge in [0.15, 0.2) is 0 Å². The van der Waals surface area contributed by atoms with Gasteiger partial charge in [0.1, 0.15) is 12.6 Å². The van der Waals surface area contributed by atoms with Crippen LogP contribution in [0, 0.1) is 16.7 Å². The third-order valence-corrected chi connectivity index (χ3v) is 10.5. The Balaban J connectivity index is 0.000000649. The summed E-state index contributed by atoms with van der Waals surface area (Å²) in [7, 11) is 0. The van der Waals surface area contributed by atoms with Crippen LogP contribution in [0.15, 0.2) is 73.1 Å². The number of amides is 3. The normalized spacial score (nSPS) is 16.9. The summed E-state index contributed by atoms with van der Waals surface area (Å²) in [4.78, 5) is 54.0. The van der Waals surface area contributed by atoms with Crippen LogP contribution in [0.25, 0.3) is 32.2 Å². The molecule has 0 radical (unpaired) electrons. The number of carboxylic acid groups (broad SMARTS) is 1. The summed E-state index contributed by atoms with van der Waals surface area (Å²) in [6, 6.07) is 20.6. The van der Waals surface area contributed by atoms with Crippen molar-refractivity contribution in [3.05, 3.63) is 88.5 Å². The van der Waals surface area contributed by atoms with E-state index in [-0.39, 0.29) is 25.5 Å². The van der Waals surface area contributed by atoms with Crippen LogP contribution in [0.3, 0.4) is 0 Å². The van der Waals surface area contributed by atoms with E-state index in [1.165, 1.54) is 16.2 Å². The van der Waals surface area contributed by atoms with Crippen LogP contribution < -0.4 is 10.6 Å². The number of carbonyl (C=O) groups excluding carboxylic acids is 3. The molecule has 0 unspecified atom stereocenters. The van der Waals surface area contributed by atoms with Crippen LogP contribution in [0.2, 0.25) is 5.02 Å². The average molecular weight is 781 g/mol. The Hall–Kier alpha value is -5.50. The molecule has 2 aromatic carbocycles. The van der Waals surface area contributed by atoms with Crippen LogP contribution in [-0.4, -0.2) is 68.7 Å². The molecular formula is C37H32ClF3N6O6S. The number of likely N-dealkylation sites (tertiary alicyclic amines) is 1. The predicted octanol–water partition coefficient (Wildman–Crippen LogP) is 6.65. The number of nitriles is 1. The van der Waals surface area contributed by atoms with Gasteiger partial charge in [-0.15, -0.1) is 11.3 Å². The summed E-state index contributed by atoms with van der Waals surface area (Å²) < 4.78 is 40.0. The first-order valence-electron chi connectivity index (χ1n) is 16.7. The average Bonchev–Trinajstić information content (AvgIpc) is 3.82. The lowest BCUT2D eigenvalue weighted by Gasteiger charge is -2.32. The minimum Gasteiger partial charge on any atom is -0.475 e. The van der Waals surface area contributed by atoms with Gasteiger partial charge in [-0.3, -0.25) is 19.5 Å². The van der Waals surface area contributed by atoms with Crippen molar-refractivity contribution in [1.29, 1.82) is 5.26 Å². The smallest absolute Gasteiger partial charge is 0.475 e. The molecule has 2 aliphatic rings. The summed E-state index contributed by atoms with van der Waals surface area (Å²) >= 11 is 8.09. The fourth-order valence-corrected chi connectivity index (χ4v) is 7.85. The van der Waals surface area contributed by atoms with E-state index in [0.29, 0.717) is 11.6 Å². The van der Waals surface area contributed by atoms with Gasteiger partial charge in [-0.05, 0) is 61.8 Å². The number of imide groups is 1. The SMILES string of the molecule is N#CC1(Cn2ccc3cc(Cl)cc(-c4ccnc5cc(CN6C(=O)C[C@@H](NC(=O)OCc7ccccc7)C6=O)sc45)c32)CCNCC1.O=C(O)C(F)(F)F. The molecule has 0 bridgehead atoms. The van der Waals surface area contributed by atoms with E-state index in [1.54, 1.807) is 6.20 Å². The zero-order chi connectivity index (χ0) is 38.6. The van der Waals surface area contributed by atoms with Crippen molar-refractivity contribution < 1.29 is 42.2 Å². The van der Waals surface area contributed by atoms with Gasteiger partial charge >= 0.3 is 18.2 Å². The number of benzene rings is 2. The van der Waals surface area contributed by atoms with Gasteiger partial charge < -0.3 is 25.0 Å². The molecule has 2 fully saturated rings. The minimum absolute atomic E-state index is 0.0582. The summed E-state index contributed by atoms with van der Waals surface area (Å²) in [5.74, 6) is -3.60. The van der Waals surface area contributed by atoms with Gasteiger partial charge in [-0.1, -0.05) is 41.9 Å². The van der Waals surface area contributed by atoms with Crippen molar-refractivity contribution in [2.24, 2.45) is 5.41 Å². The molecular weight excluding hydrogens is 749 g/mol. The number of ether oxygens (including phenoxy) is 1. The Morgan fingerprint density at radius 1 is 1.11 bits per heavy atom. The number of carboxylic acids is 1. The number of hydrogen-bond acceptors (Lipinski definition) is 9. The maximum Gasteiger partial charge on any atom is 0.490 e. The fraction of sp³-hybridized carbons (Fsp3) is 0.297. The quantitative estimate of drug-likeness (QED) is 0.146. The highest BCUT2D eigenvalue weighted by atomic mass is 35.5. The topological polar surface area (TPSA) is 167 Å². The van der Waals surface area contributed by atoms with Crippen molar-refractivity contribution in [3.63, 3.8) is 0 Å². The van der Waals surface area contributed by atoms with E-state index in [1.807, 2.05) is 66.9 Å². The molecule has 5 heterocycles. The van der Waals surface area contributed by atoms with Gasteiger partial charge in [-0.2, -0.15) is 18.4 Å². The zero-order valence-electron chi connectivity index (χ0n) is 28.4. The maximum absolute atomic E-state index is 13.2. The monoisotopic (exact) mass is 780 g/mol. The van der Waals surface area contributed by atoms with Crippen molar-refractivity contribution in [2.75, 3.05) is 13.1 Å². The van der Waals surface area contributed by atoms with Gasteiger partial charge in [0.2, 0.25) is 5.91 Å².